The van der Waals surface area contributed by atoms with E-state index in [0.29, 0.717) is 38.5 Å². The molecule has 0 unspecified atom stereocenters. The van der Waals surface area contributed by atoms with Crippen molar-refractivity contribution in [3.8, 4) is 5.75 Å². The highest BCUT2D eigenvalue weighted by Crippen LogP contribution is 2.21. The number of carbonyl (C=O) groups excluding carboxylic acids is 2. The van der Waals surface area contributed by atoms with Crippen LogP contribution in [0.4, 0.5) is 4.39 Å². The second-order valence-electron chi connectivity index (χ2n) is 5.83. The molecule has 1 aliphatic rings. The molecule has 2 rings (SSSR count). The number of likely N-dealkylation sites (N-methyl/N-ethyl adjacent to an activating group) is 1. The monoisotopic (exact) mass is 371 g/mol. The van der Waals surface area contributed by atoms with Gasteiger partial charge in [-0.25, -0.2) is 4.39 Å². The number of rotatable bonds is 6. The summed E-state index contributed by atoms with van der Waals surface area (Å²) in [6.07, 6.45) is 0.799. The standard InChI is InChI=1S/C17H23ClFN3O3/c1-2-20-16(23)11-21-6-3-7-22(9-8-21)17(24)12-25-13-4-5-15(19)14(18)10-13/h4-5,10H,2-3,6-9,11-12H2,1H3,(H,20,23). The SMILES string of the molecule is CCNC(=O)CN1CCCN(C(=O)COc2ccc(F)c(Cl)c2)CC1. The van der Waals surface area contributed by atoms with Gasteiger partial charge < -0.3 is 15.0 Å². The molecule has 0 aromatic heterocycles. The van der Waals surface area contributed by atoms with Gasteiger partial charge in [-0.1, -0.05) is 11.6 Å². The Labute approximate surface area is 151 Å². The summed E-state index contributed by atoms with van der Waals surface area (Å²) in [5.74, 6) is -0.313. The van der Waals surface area contributed by atoms with E-state index in [1.807, 2.05) is 11.8 Å². The number of benzene rings is 1. The fraction of sp³-hybridized carbons (Fsp3) is 0.529. The first-order chi connectivity index (χ1) is 12.0. The fourth-order valence-electron chi connectivity index (χ4n) is 2.64. The normalized spacial score (nSPS) is 15.6. The Morgan fingerprint density at radius 1 is 1.28 bits per heavy atom. The quantitative estimate of drug-likeness (QED) is 0.823. The van der Waals surface area contributed by atoms with Gasteiger partial charge in [0.2, 0.25) is 5.91 Å². The largest absolute Gasteiger partial charge is 0.484 e. The fourth-order valence-corrected chi connectivity index (χ4v) is 2.81. The Kier molecular flexibility index (Phi) is 7.46. The number of hydrogen-bond donors (Lipinski definition) is 1. The topological polar surface area (TPSA) is 61.9 Å². The molecule has 1 N–H and O–H groups in total. The Bertz CT molecular complexity index is 615. The van der Waals surface area contributed by atoms with Crippen LogP contribution in [0.5, 0.6) is 5.75 Å². The number of hydrogen-bond acceptors (Lipinski definition) is 4. The summed E-state index contributed by atoms with van der Waals surface area (Å²) in [6, 6.07) is 3.99. The first-order valence-electron chi connectivity index (χ1n) is 8.34. The predicted molar refractivity (Wildman–Crippen MR) is 93.2 cm³/mol. The van der Waals surface area contributed by atoms with Crippen LogP contribution in [0.2, 0.25) is 5.02 Å². The van der Waals surface area contributed by atoms with Gasteiger partial charge in [0.25, 0.3) is 5.91 Å². The molecule has 0 saturated carbocycles. The first kappa shape index (κ1) is 19.5. The van der Waals surface area contributed by atoms with Crippen molar-refractivity contribution in [2.75, 3.05) is 45.9 Å². The number of halogens is 2. The highest BCUT2D eigenvalue weighted by atomic mass is 35.5. The zero-order valence-electron chi connectivity index (χ0n) is 14.3. The summed E-state index contributed by atoms with van der Waals surface area (Å²) in [5.41, 5.74) is 0. The molecule has 0 atom stereocenters. The van der Waals surface area contributed by atoms with Crippen molar-refractivity contribution >= 4 is 23.4 Å². The number of ether oxygens (including phenoxy) is 1. The summed E-state index contributed by atoms with van der Waals surface area (Å²) < 4.78 is 18.5. The average Bonchev–Trinajstić information content (AvgIpc) is 2.81. The van der Waals surface area contributed by atoms with Crippen LogP contribution in [-0.4, -0.2) is 67.5 Å². The lowest BCUT2D eigenvalue weighted by Gasteiger charge is -2.21. The van der Waals surface area contributed by atoms with Crippen LogP contribution in [0.25, 0.3) is 0 Å². The van der Waals surface area contributed by atoms with E-state index in [2.05, 4.69) is 5.32 Å². The van der Waals surface area contributed by atoms with Crippen molar-refractivity contribution in [3.05, 3.63) is 29.0 Å². The Morgan fingerprint density at radius 2 is 2.08 bits per heavy atom. The third kappa shape index (κ3) is 6.17. The minimum atomic E-state index is -0.528. The Balaban J connectivity index is 1.80. The van der Waals surface area contributed by atoms with Crippen LogP contribution in [-0.2, 0) is 9.59 Å². The molecule has 0 aliphatic carbocycles. The molecule has 0 spiro atoms. The van der Waals surface area contributed by atoms with Crippen LogP contribution in [0.15, 0.2) is 18.2 Å². The maximum Gasteiger partial charge on any atom is 0.260 e. The van der Waals surface area contributed by atoms with Gasteiger partial charge in [0, 0.05) is 38.8 Å². The maximum absolute atomic E-state index is 13.1. The van der Waals surface area contributed by atoms with E-state index in [1.54, 1.807) is 4.90 Å². The molecular formula is C17H23ClFN3O3. The summed E-state index contributed by atoms with van der Waals surface area (Å²) in [6.45, 7) is 5.31. The average molecular weight is 372 g/mol. The molecule has 8 heteroatoms. The molecule has 1 aliphatic heterocycles. The van der Waals surface area contributed by atoms with Gasteiger partial charge >= 0.3 is 0 Å². The van der Waals surface area contributed by atoms with Gasteiger partial charge in [-0.3, -0.25) is 14.5 Å². The lowest BCUT2D eigenvalue weighted by molar-refractivity contribution is -0.133. The van der Waals surface area contributed by atoms with Crippen molar-refractivity contribution in [1.82, 2.24) is 15.1 Å². The van der Waals surface area contributed by atoms with E-state index in [4.69, 9.17) is 16.3 Å². The van der Waals surface area contributed by atoms with Gasteiger partial charge in [0.05, 0.1) is 11.6 Å². The van der Waals surface area contributed by atoms with Gasteiger partial charge in [0.15, 0.2) is 6.61 Å². The van der Waals surface area contributed by atoms with Gasteiger partial charge in [-0.05, 0) is 25.5 Å². The van der Waals surface area contributed by atoms with Gasteiger partial charge in [-0.15, -0.1) is 0 Å². The highest BCUT2D eigenvalue weighted by Gasteiger charge is 2.20. The molecule has 1 aromatic rings. The molecule has 1 saturated heterocycles. The minimum Gasteiger partial charge on any atom is -0.484 e. The van der Waals surface area contributed by atoms with E-state index >= 15 is 0 Å². The number of nitrogens with zero attached hydrogens (tertiary/aromatic N) is 2. The van der Waals surface area contributed by atoms with Crippen LogP contribution in [0.1, 0.15) is 13.3 Å². The van der Waals surface area contributed by atoms with Crippen LogP contribution < -0.4 is 10.1 Å². The number of nitrogens with one attached hydrogen (secondary N) is 1. The van der Waals surface area contributed by atoms with Crippen molar-refractivity contribution in [2.45, 2.75) is 13.3 Å². The van der Waals surface area contributed by atoms with Crippen molar-refractivity contribution in [1.29, 1.82) is 0 Å². The summed E-state index contributed by atoms with van der Waals surface area (Å²) in [7, 11) is 0. The molecule has 1 heterocycles. The summed E-state index contributed by atoms with van der Waals surface area (Å²) in [5, 5.41) is 2.73. The molecule has 2 amide bonds. The highest BCUT2D eigenvalue weighted by molar-refractivity contribution is 6.30. The molecule has 1 fully saturated rings. The zero-order chi connectivity index (χ0) is 18.2. The molecule has 25 heavy (non-hydrogen) atoms. The Morgan fingerprint density at radius 3 is 2.80 bits per heavy atom. The lowest BCUT2D eigenvalue weighted by atomic mass is 10.3. The molecular weight excluding hydrogens is 349 g/mol. The van der Waals surface area contributed by atoms with Crippen LogP contribution in [0, 0.1) is 5.82 Å². The van der Waals surface area contributed by atoms with E-state index in [9.17, 15) is 14.0 Å². The van der Waals surface area contributed by atoms with E-state index in [1.165, 1.54) is 18.2 Å². The second kappa shape index (κ2) is 9.58. The third-order valence-corrected chi connectivity index (χ3v) is 4.23. The van der Waals surface area contributed by atoms with Crippen LogP contribution >= 0.6 is 11.6 Å². The van der Waals surface area contributed by atoms with E-state index in [0.717, 1.165) is 13.0 Å². The smallest absolute Gasteiger partial charge is 0.260 e. The lowest BCUT2D eigenvalue weighted by Crippen LogP contribution is -2.40. The van der Waals surface area contributed by atoms with Crippen molar-refractivity contribution in [2.24, 2.45) is 0 Å². The first-order valence-corrected chi connectivity index (χ1v) is 8.72. The van der Waals surface area contributed by atoms with E-state index in [-0.39, 0.29) is 23.4 Å². The second-order valence-corrected chi connectivity index (χ2v) is 6.24. The zero-order valence-corrected chi connectivity index (χ0v) is 15.0. The minimum absolute atomic E-state index is 0.00111. The van der Waals surface area contributed by atoms with Crippen molar-refractivity contribution in [3.63, 3.8) is 0 Å². The van der Waals surface area contributed by atoms with Crippen molar-refractivity contribution < 1.29 is 18.7 Å². The molecule has 0 radical (unpaired) electrons. The number of carbonyl (C=O) groups is 2. The van der Waals surface area contributed by atoms with Crippen LogP contribution in [0.3, 0.4) is 0 Å². The molecule has 1 aromatic carbocycles. The summed E-state index contributed by atoms with van der Waals surface area (Å²) in [4.78, 5) is 27.7. The number of amides is 2. The van der Waals surface area contributed by atoms with Gasteiger partial charge in [0.1, 0.15) is 11.6 Å². The predicted octanol–water partition coefficient (Wildman–Crippen LogP) is 1.53. The third-order valence-electron chi connectivity index (χ3n) is 3.94. The maximum atomic E-state index is 13.1. The van der Waals surface area contributed by atoms with E-state index < -0.39 is 5.82 Å². The molecule has 0 bridgehead atoms. The molecule has 138 valence electrons. The Hall–Kier alpha value is -1.86. The van der Waals surface area contributed by atoms with Gasteiger partial charge in [-0.2, -0.15) is 0 Å². The summed E-state index contributed by atoms with van der Waals surface area (Å²) >= 11 is 5.69. The molecule has 6 nitrogen and oxygen atoms in total.